The zero-order chi connectivity index (χ0) is 22.5. The molecule has 3 N–H and O–H groups in total. The predicted octanol–water partition coefficient (Wildman–Crippen LogP) is 5.25. The molecule has 1 aromatic heterocycles. The number of nitrogens with one attached hydrogen (secondary N) is 3. The molecule has 2 atom stereocenters. The maximum Gasteiger partial charge on any atom is 0.414 e. The molecule has 0 saturated carbocycles. The second kappa shape index (κ2) is 9.88. The number of hydrogen-bond acceptors (Lipinski definition) is 7. The Balaban J connectivity index is 1.36. The van der Waals surface area contributed by atoms with Gasteiger partial charge in [-0.2, -0.15) is 0 Å². The van der Waals surface area contributed by atoms with Crippen LogP contribution in [0, 0.1) is 0 Å². The number of thioether (sulfide) groups is 1. The van der Waals surface area contributed by atoms with Gasteiger partial charge in [0.25, 0.3) is 11.8 Å². The minimum atomic E-state index is -0.836. The van der Waals surface area contributed by atoms with Crippen LogP contribution in [0.3, 0.4) is 0 Å². The molecule has 0 fully saturated rings. The molecule has 4 rings (SSSR count). The first kappa shape index (κ1) is 21.9. The van der Waals surface area contributed by atoms with Gasteiger partial charge in [-0.3, -0.25) is 14.9 Å². The number of para-hydroxylation sites is 1. The Kier molecular flexibility index (Phi) is 6.77. The summed E-state index contributed by atoms with van der Waals surface area (Å²) in [4.78, 5) is 38.7. The third kappa shape index (κ3) is 4.95. The van der Waals surface area contributed by atoms with E-state index in [2.05, 4.69) is 16.0 Å². The quantitative estimate of drug-likeness (QED) is 0.458. The van der Waals surface area contributed by atoms with Gasteiger partial charge in [-0.25, -0.2) is 4.79 Å². The van der Waals surface area contributed by atoms with E-state index < -0.39 is 23.5 Å². The number of benzene rings is 2. The average Bonchev–Trinajstić information content (AvgIpc) is 3.45. The molecule has 0 bridgehead atoms. The minimum Gasteiger partial charge on any atom is -0.441 e. The maximum atomic E-state index is 12.7. The molecule has 1 aliphatic rings. The maximum absolute atomic E-state index is 12.7. The molecule has 2 unspecified atom stereocenters. The van der Waals surface area contributed by atoms with Gasteiger partial charge in [0.1, 0.15) is 11.1 Å². The van der Waals surface area contributed by atoms with E-state index in [9.17, 15) is 14.4 Å². The second-order valence-corrected chi connectivity index (χ2v) is 9.02. The molecule has 3 amide bonds. The summed E-state index contributed by atoms with van der Waals surface area (Å²) in [7, 11) is 0. The number of imide groups is 1. The number of rotatable bonds is 6. The Morgan fingerprint density at radius 2 is 1.81 bits per heavy atom. The SMILES string of the molecule is CCC(OC(=O)NC(=O)c1ccsc1NC(=O)C1Nc2ccccc2S1)c1ccccc1. The fourth-order valence-electron chi connectivity index (χ4n) is 3.24. The smallest absolute Gasteiger partial charge is 0.414 e. The van der Waals surface area contributed by atoms with Gasteiger partial charge in [-0.1, -0.05) is 61.2 Å². The highest BCUT2D eigenvalue weighted by Gasteiger charge is 2.29. The highest BCUT2D eigenvalue weighted by atomic mass is 32.2. The summed E-state index contributed by atoms with van der Waals surface area (Å²) >= 11 is 2.61. The fraction of sp³-hybridized carbons (Fsp3) is 0.174. The van der Waals surface area contributed by atoms with Crippen LogP contribution in [0.1, 0.15) is 35.4 Å². The zero-order valence-electron chi connectivity index (χ0n) is 17.2. The Morgan fingerprint density at radius 3 is 2.56 bits per heavy atom. The molecule has 9 heteroatoms. The van der Waals surface area contributed by atoms with Crippen LogP contribution < -0.4 is 16.0 Å². The highest BCUT2D eigenvalue weighted by Crippen LogP contribution is 2.38. The lowest BCUT2D eigenvalue weighted by atomic mass is 10.1. The van der Waals surface area contributed by atoms with E-state index in [1.54, 1.807) is 11.4 Å². The molecule has 0 saturated heterocycles. The van der Waals surface area contributed by atoms with Crippen molar-refractivity contribution in [1.29, 1.82) is 0 Å². The summed E-state index contributed by atoms with van der Waals surface area (Å²) in [6.45, 7) is 1.90. The zero-order valence-corrected chi connectivity index (χ0v) is 18.8. The molecule has 3 aromatic rings. The Morgan fingerprint density at radius 1 is 1.06 bits per heavy atom. The minimum absolute atomic E-state index is 0.202. The molecule has 1 aliphatic heterocycles. The number of alkyl carbamates (subject to hydrolysis) is 1. The third-order valence-electron chi connectivity index (χ3n) is 4.81. The highest BCUT2D eigenvalue weighted by molar-refractivity contribution is 8.01. The summed E-state index contributed by atoms with van der Waals surface area (Å²) in [5, 5.41) is 9.72. The summed E-state index contributed by atoms with van der Waals surface area (Å²) in [5.74, 6) is -0.912. The number of amides is 3. The van der Waals surface area contributed by atoms with Crippen molar-refractivity contribution >= 4 is 51.7 Å². The molecular formula is C23H21N3O4S2. The van der Waals surface area contributed by atoms with Crippen LogP contribution in [0.5, 0.6) is 0 Å². The molecule has 0 radical (unpaired) electrons. The van der Waals surface area contributed by atoms with E-state index in [1.165, 1.54) is 23.1 Å². The van der Waals surface area contributed by atoms with E-state index in [4.69, 9.17) is 4.74 Å². The van der Waals surface area contributed by atoms with Crippen molar-refractivity contribution in [3.05, 3.63) is 77.2 Å². The van der Waals surface area contributed by atoms with Crippen molar-refractivity contribution in [1.82, 2.24) is 5.32 Å². The number of thiophene rings is 1. The molecule has 2 heterocycles. The van der Waals surface area contributed by atoms with Crippen LogP contribution >= 0.6 is 23.1 Å². The molecule has 32 heavy (non-hydrogen) atoms. The Hall–Kier alpha value is -3.30. The van der Waals surface area contributed by atoms with Gasteiger partial charge in [0.15, 0.2) is 5.37 Å². The number of carbonyl (C=O) groups is 3. The number of anilines is 2. The Labute approximate surface area is 193 Å². The van der Waals surface area contributed by atoms with Crippen molar-refractivity contribution in [2.24, 2.45) is 0 Å². The van der Waals surface area contributed by atoms with Gasteiger partial charge in [0, 0.05) is 10.6 Å². The first-order valence-electron chi connectivity index (χ1n) is 10.0. The average molecular weight is 468 g/mol. The van der Waals surface area contributed by atoms with Crippen LogP contribution in [0.2, 0.25) is 0 Å². The lowest BCUT2D eigenvalue weighted by Gasteiger charge is -2.16. The van der Waals surface area contributed by atoms with Crippen molar-refractivity contribution in [2.75, 3.05) is 10.6 Å². The lowest BCUT2D eigenvalue weighted by molar-refractivity contribution is -0.115. The van der Waals surface area contributed by atoms with Crippen molar-refractivity contribution in [3.8, 4) is 0 Å². The topological polar surface area (TPSA) is 96.5 Å². The van der Waals surface area contributed by atoms with E-state index >= 15 is 0 Å². The first-order chi connectivity index (χ1) is 15.5. The van der Waals surface area contributed by atoms with Gasteiger partial charge in [-0.05, 0) is 35.6 Å². The van der Waals surface area contributed by atoms with Crippen molar-refractivity contribution in [2.45, 2.75) is 29.7 Å². The standard InChI is InChI=1S/C23H21N3O4S2/c1-2-17(14-8-4-3-5-9-14)30-23(29)26-19(27)15-12-13-31-21(15)25-20(28)22-24-16-10-6-7-11-18(16)32-22/h3-13,17,22,24H,2H2,1H3,(H,25,28)(H,26,27,29). The number of carbonyl (C=O) groups excluding carboxylic acids is 3. The molecule has 164 valence electrons. The van der Waals surface area contributed by atoms with E-state index in [0.29, 0.717) is 11.4 Å². The second-order valence-electron chi connectivity index (χ2n) is 6.96. The van der Waals surface area contributed by atoms with Crippen LogP contribution in [-0.2, 0) is 9.53 Å². The number of ether oxygens (including phenoxy) is 1. The van der Waals surface area contributed by atoms with Crippen LogP contribution in [0.15, 0.2) is 70.9 Å². The van der Waals surface area contributed by atoms with Crippen LogP contribution in [-0.4, -0.2) is 23.3 Å². The Bertz CT molecular complexity index is 1110. The van der Waals surface area contributed by atoms with Gasteiger partial charge < -0.3 is 15.4 Å². The van der Waals surface area contributed by atoms with E-state index in [1.807, 2.05) is 61.5 Å². The lowest BCUT2D eigenvalue weighted by Crippen LogP contribution is -2.33. The normalized spacial score (nSPS) is 15.2. The van der Waals surface area contributed by atoms with E-state index in [-0.39, 0.29) is 11.5 Å². The van der Waals surface area contributed by atoms with Crippen molar-refractivity contribution in [3.63, 3.8) is 0 Å². The van der Waals surface area contributed by atoms with Crippen LogP contribution in [0.25, 0.3) is 0 Å². The molecule has 2 aromatic carbocycles. The number of fused-ring (bicyclic) bond motifs is 1. The fourth-order valence-corrected chi connectivity index (χ4v) is 5.05. The summed E-state index contributed by atoms with van der Waals surface area (Å²) in [5.41, 5.74) is 1.95. The largest absolute Gasteiger partial charge is 0.441 e. The molecular weight excluding hydrogens is 446 g/mol. The van der Waals surface area contributed by atoms with Gasteiger partial charge in [0.2, 0.25) is 0 Å². The van der Waals surface area contributed by atoms with Crippen molar-refractivity contribution < 1.29 is 19.1 Å². The van der Waals surface area contributed by atoms with E-state index in [0.717, 1.165) is 16.1 Å². The molecule has 0 aliphatic carbocycles. The summed E-state index contributed by atoms with van der Waals surface area (Å²) < 4.78 is 5.42. The summed E-state index contributed by atoms with van der Waals surface area (Å²) in [6, 6.07) is 18.5. The monoisotopic (exact) mass is 467 g/mol. The van der Waals surface area contributed by atoms with Crippen LogP contribution in [0.4, 0.5) is 15.5 Å². The third-order valence-corrected chi connectivity index (χ3v) is 6.82. The molecule has 0 spiro atoms. The first-order valence-corrected chi connectivity index (χ1v) is 11.8. The van der Waals surface area contributed by atoms with Gasteiger partial charge in [-0.15, -0.1) is 11.3 Å². The predicted molar refractivity (Wildman–Crippen MR) is 126 cm³/mol. The molecule has 7 nitrogen and oxygen atoms in total. The summed E-state index contributed by atoms with van der Waals surface area (Å²) in [6.07, 6.45) is -0.727. The van der Waals surface area contributed by atoms with Gasteiger partial charge in [0.05, 0.1) is 5.56 Å². The number of hydrogen-bond donors (Lipinski definition) is 3. The van der Waals surface area contributed by atoms with Gasteiger partial charge >= 0.3 is 6.09 Å².